The van der Waals surface area contributed by atoms with E-state index in [9.17, 15) is 13.2 Å². The molecule has 7 heteroatoms. The van der Waals surface area contributed by atoms with Crippen molar-refractivity contribution >= 4 is 18.0 Å². The number of nitrogens with zero attached hydrogens (tertiary/aromatic N) is 1. The van der Waals surface area contributed by atoms with Gasteiger partial charge in [-0.25, -0.2) is 4.99 Å². The van der Waals surface area contributed by atoms with E-state index < -0.39 is 12.1 Å². The van der Waals surface area contributed by atoms with E-state index in [-0.39, 0.29) is 11.1 Å². The molecule has 0 fully saturated rings. The predicted molar refractivity (Wildman–Crippen MR) is 63.6 cm³/mol. The van der Waals surface area contributed by atoms with Crippen molar-refractivity contribution in [2.45, 2.75) is 25.2 Å². The third-order valence-electron chi connectivity index (χ3n) is 2.56. The second-order valence-electron chi connectivity index (χ2n) is 4.04. The maximum atomic E-state index is 12.1. The first kappa shape index (κ1) is 14.0. The lowest BCUT2D eigenvalue weighted by atomic mass is 10.1. The van der Waals surface area contributed by atoms with Crippen molar-refractivity contribution in [1.82, 2.24) is 0 Å². The summed E-state index contributed by atoms with van der Waals surface area (Å²) in [5.74, 6) is -0.395. The average molecular weight is 293 g/mol. The molecule has 0 saturated carbocycles. The van der Waals surface area contributed by atoms with Gasteiger partial charge in [-0.1, -0.05) is 17.7 Å². The zero-order valence-corrected chi connectivity index (χ0v) is 10.5. The maximum Gasteiger partial charge on any atom is 0.573 e. The van der Waals surface area contributed by atoms with Crippen LogP contribution in [0.2, 0.25) is 5.02 Å². The minimum absolute atomic E-state index is 0.0462. The number of alkyl halides is 3. The molecule has 0 amide bonds. The van der Waals surface area contributed by atoms with Gasteiger partial charge in [0.2, 0.25) is 0 Å². The van der Waals surface area contributed by atoms with Crippen LogP contribution in [-0.4, -0.2) is 25.4 Å². The van der Waals surface area contributed by atoms with Crippen LogP contribution in [0, 0.1) is 0 Å². The summed E-state index contributed by atoms with van der Waals surface area (Å²) in [5.41, 5.74) is 0.821. The Bertz CT molecular complexity index is 477. The van der Waals surface area contributed by atoms with Crippen LogP contribution in [0.15, 0.2) is 23.2 Å². The van der Waals surface area contributed by atoms with E-state index in [1.807, 2.05) is 0 Å². The average Bonchev–Trinajstić information content (AvgIpc) is 2.81. The number of aryl methyl sites for hydroxylation is 1. The van der Waals surface area contributed by atoms with Gasteiger partial charge in [-0.2, -0.15) is 0 Å². The minimum Gasteiger partial charge on any atom is -0.472 e. The first-order valence-electron chi connectivity index (χ1n) is 5.55. The van der Waals surface area contributed by atoms with Crippen LogP contribution in [0.5, 0.6) is 5.75 Å². The smallest absolute Gasteiger partial charge is 0.472 e. The van der Waals surface area contributed by atoms with Gasteiger partial charge in [0.05, 0.1) is 11.1 Å². The minimum atomic E-state index is -4.74. The predicted octanol–water partition coefficient (Wildman–Crippen LogP) is 3.48. The van der Waals surface area contributed by atoms with E-state index >= 15 is 0 Å². The van der Waals surface area contributed by atoms with Gasteiger partial charge in [0.1, 0.15) is 12.4 Å². The van der Waals surface area contributed by atoms with Crippen LogP contribution in [0.25, 0.3) is 0 Å². The Balaban J connectivity index is 1.96. The lowest BCUT2D eigenvalue weighted by Crippen LogP contribution is -2.17. The fourth-order valence-electron chi connectivity index (χ4n) is 1.67. The van der Waals surface area contributed by atoms with Crippen molar-refractivity contribution in [1.29, 1.82) is 0 Å². The molecule has 1 unspecified atom stereocenters. The van der Waals surface area contributed by atoms with Crippen LogP contribution >= 0.6 is 11.6 Å². The van der Waals surface area contributed by atoms with Crippen molar-refractivity contribution in [2.24, 2.45) is 4.99 Å². The number of ether oxygens (including phenoxy) is 2. The Labute approximate surface area is 113 Å². The van der Waals surface area contributed by atoms with E-state index in [0.717, 1.165) is 12.0 Å². The largest absolute Gasteiger partial charge is 0.573 e. The maximum absolute atomic E-state index is 12.1. The van der Waals surface area contributed by atoms with Crippen molar-refractivity contribution in [3.8, 4) is 5.75 Å². The van der Waals surface area contributed by atoms with Crippen molar-refractivity contribution < 1.29 is 22.6 Å². The second-order valence-corrected chi connectivity index (χ2v) is 4.44. The molecule has 0 N–H and O–H groups in total. The first-order valence-corrected chi connectivity index (χ1v) is 5.92. The quantitative estimate of drug-likeness (QED) is 0.851. The van der Waals surface area contributed by atoms with E-state index in [1.54, 1.807) is 6.07 Å². The van der Waals surface area contributed by atoms with Crippen LogP contribution in [-0.2, 0) is 11.2 Å². The highest BCUT2D eigenvalue weighted by molar-refractivity contribution is 6.32. The summed E-state index contributed by atoms with van der Waals surface area (Å²) in [6, 6.07) is 4.28. The third kappa shape index (κ3) is 4.31. The van der Waals surface area contributed by atoms with Gasteiger partial charge in [0, 0.05) is 0 Å². The van der Waals surface area contributed by atoms with E-state index in [1.165, 1.54) is 12.1 Å². The summed E-state index contributed by atoms with van der Waals surface area (Å²) in [4.78, 5) is 3.96. The van der Waals surface area contributed by atoms with E-state index in [4.69, 9.17) is 16.3 Å². The molecule has 0 spiro atoms. The SMILES string of the molecule is FC(F)(F)Oc1ccc(CCC2CO[C]=N2)cc1Cl. The standard InChI is InChI=1S/C12H10ClF3NO2/c13-10-5-8(1-3-9-6-18-7-17-9)2-4-11(10)19-12(14,15)16/h2,4-5,9H,1,3,6H2. The fraction of sp³-hybridized carbons (Fsp3) is 0.417. The first-order chi connectivity index (χ1) is 8.94. The molecule has 103 valence electrons. The highest BCUT2D eigenvalue weighted by atomic mass is 35.5. The molecule has 0 bridgehead atoms. The number of aliphatic imine (C=N–C) groups is 1. The van der Waals surface area contributed by atoms with Crippen LogP contribution in [0.1, 0.15) is 12.0 Å². The summed E-state index contributed by atoms with van der Waals surface area (Å²) < 4.78 is 44.8. The van der Waals surface area contributed by atoms with Crippen molar-refractivity contribution in [3.63, 3.8) is 0 Å². The third-order valence-corrected chi connectivity index (χ3v) is 2.86. The summed E-state index contributed by atoms with van der Waals surface area (Å²) in [7, 11) is 0. The molecule has 0 aliphatic carbocycles. The Morgan fingerprint density at radius 1 is 1.47 bits per heavy atom. The van der Waals surface area contributed by atoms with Gasteiger partial charge in [-0.15, -0.1) is 13.2 Å². The lowest BCUT2D eigenvalue weighted by Gasteiger charge is -2.11. The molecule has 1 atom stereocenters. The molecule has 2 rings (SSSR count). The topological polar surface area (TPSA) is 30.8 Å². The molecule has 0 saturated heterocycles. The monoisotopic (exact) mass is 292 g/mol. The molecule has 1 heterocycles. The number of halogens is 4. The Kier molecular flexibility index (Phi) is 4.19. The van der Waals surface area contributed by atoms with Gasteiger partial charge in [-0.05, 0) is 30.5 Å². The van der Waals surface area contributed by atoms with Crippen LogP contribution < -0.4 is 4.74 Å². The lowest BCUT2D eigenvalue weighted by molar-refractivity contribution is -0.274. The Morgan fingerprint density at radius 2 is 2.26 bits per heavy atom. The second kappa shape index (κ2) is 5.69. The Hall–Kier alpha value is -1.43. The molecule has 19 heavy (non-hydrogen) atoms. The van der Waals surface area contributed by atoms with Gasteiger partial charge >= 0.3 is 6.36 Å². The molecule has 1 aromatic carbocycles. The normalized spacial score (nSPS) is 18.4. The molecular weight excluding hydrogens is 283 g/mol. The summed E-state index contributed by atoms with van der Waals surface area (Å²) >= 11 is 5.75. The molecule has 1 aromatic rings. The van der Waals surface area contributed by atoms with Crippen molar-refractivity contribution in [2.75, 3.05) is 6.61 Å². The van der Waals surface area contributed by atoms with E-state index in [0.29, 0.717) is 13.0 Å². The van der Waals surface area contributed by atoms with Gasteiger partial charge < -0.3 is 9.47 Å². The highest BCUT2D eigenvalue weighted by Gasteiger charge is 2.32. The van der Waals surface area contributed by atoms with Crippen molar-refractivity contribution in [3.05, 3.63) is 28.8 Å². The van der Waals surface area contributed by atoms with Crippen LogP contribution in [0.4, 0.5) is 13.2 Å². The summed E-state index contributed by atoms with van der Waals surface area (Å²) in [6.45, 7) is 0.489. The molecule has 0 aromatic heterocycles. The van der Waals surface area contributed by atoms with Gasteiger partial charge in [-0.3, -0.25) is 0 Å². The molecule has 3 nitrogen and oxygen atoms in total. The zero-order valence-electron chi connectivity index (χ0n) is 9.71. The fourth-order valence-corrected chi connectivity index (χ4v) is 1.91. The number of benzene rings is 1. The van der Waals surface area contributed by atoms with E-state index in [2.05, 4.69) is 16.1 Å². The zero-order chi connectivity index (χ0) is 13.9. The molecule has 1 radical (unpaired) electrons. The number of rotatable bonds is 4. The summed E-state index contributed by atoms with van der Waals surface area (Å²) in [6.07, 6.45) is -0.961. The van der Waals surface area contributed by atoms with Gasteiger partial charge in [0.15, 0.2) is 0 Å². The summed E-state index contributed by atoms with van der Waals surface area (Å²) in [5, 5.41) is -0.0624. The van der Waals surface area contributed by atoms with Gasteiger partial charge in [0.25, 0.3) is 6.40 Å². The molecule has 1 aliphatic heterocycles. The Morgan fingerprint density at radius 3 is 2.84 bits per heavy atom. The number of hydrogen-bond donors (Lipinski definition) is 0. The molecular formula is C12H10ClF3NO2. The van der Waals surface area contributed by atoms with Crippen LogP contribution in [0.3, 0.4) is 0 Å². The highest BCUT2D eigenvalue weighted by Crippen LogP contribution is 2.31. The number of hydrogen-bond acceptors (Lipinski definition) is 3. The molecule has 1 aliphatic rings.